The maximum absolute atomic E-state index is 4.69. The summed E-state index contributed by atoms with van der Waals surface area (Å²) in [6.45, 7) is 1.96. The van der Waals surface area contributed by atoms with Crippen LogP contribution in [0.1, 0.15) is 5.69 Å². The van der Waals surface area contributed by atoms with Crippen LogP contribution in [-0.4, -0.2) is 44.7 Å². The summed E-state index contributed by atoms with van der Waals surface area (Å²) in [6, 6.07) is 7.95. The number of aromatic amines is 2. The van der Waals surface area contributed by atoms with E-state index in [4.69, 9.17) is 0 Å². The Hall–Kier alpha value is -4.40. The first-order valence-electron chi connectivity index (χ1n) is 9.37. The molecule has 0 spiro atoms. The van der Waals surface area contributed by atoms with Crippen molar-refractivity contribution in [3.8, 4) is 28.5 Å². The Labute approximate surface area is 169 Å². The van der Waals surface area contributed by atoms with Gasteiger partial charge in [-0.1, -0.05) is 6.07 Å². The average molecular weight is 393 g/mol. The van der Waals surface area contributed by atoms with Crippen LogP contribution in [0.15, 0.2) is 61.6 Å². The summed E-state index contributed by atoms with van der Waals surface area (Å²) in [5.74, 6) is 0.643. The first-order valence-corrected chi connectivity index (χ1v) is 9.37. The van der Waals surface area contributed by atoms with Gasteiger partial charge in [-0.25, -0.2) is 15.0 Å². The van der Waals surface area contributed by atoms with Crippen molar-refractivity contribution in [1.82, 2.24) is 44.7 Å². The minimum atomic E-state index is 0.620. The molecule has 0 aliphatic carbocycles. The van der Waals surface area contributed by atoms with Gasteiger partial charge in [0.15, 0.2) is 11.5 Å². The van der Waals surface area contributed by atoms with Crippen molar-refractivity contribution in [2.45, 2.75) is 6.92 Å². The highest BCUT2D eigenvalue weighted by molar-refractivity contribution is 5.95. The minimum absolute atomic E-state index is 0.620. The third kappa shape index (κ3) is 2.56. The number of fused-ring (bicyclic) bond motifs is 2. The summed E-state index contributed by atoms with van der Waals surface area (Å²) in [7, 11) is 0. The number of imidazole rings is 2. The number of aromatic nitrogens is 9. The van der Waals surface area contributed by atoms with Gasteiger partial charge in [0.2, 0.25) is 0 Å². The number of rotatable bonds is 3. The summed E-state index contributed by atoms with van der Waals surface area (Å²) < 4.78 is 1.95. The molecule has 0 fully saturated rings. The van der Waals surface area contributed by atoms with E-state index in [9.17, 15) is 0 Å². The highest BCUT2D eigenvalue weighted by atomic mass is 15.1. The zero-order chi connectivity index (χ0) is 20.1. The predicted octanol–water partition coefficient (Wildman–Crippen LogP) is 3.45. The van der Waals surface area contributed by atoms with E-state index >= 15 is 0 Å². The van der Waals surface area contributed by atoms with Crippen molar-refractivity contribution in [2.24, 2.45) is 0 Å². The molecular formula is C21H15N9. The summed E-state index contributed by atoms with van der Waals surface area (Å²) in [5.41, 5.74) is 6.71. The van der Waals surface area contributed by atoms with Gasteiger partial charge in [0.25, 0.3) is 0 Å². The van der Waals surface area contributed by atoms with Gasteiger partial charge in [0, 0.05) is 35.7 Å². The van der Waals surface area contributed by atoms with Gasteiger partial charge in [0.1, 0.15) is 11.2 Å². The van der Waals surface area contributed by atoms with E-state index in [1.54, 1.807) is 31.1 Å². The molecule has 0 radical (unpaired) electrons. The second-order valence-electron chi connectivity index (χ2n) is 6.96. The number of benzene rings is 1. The molecule has 144 valence electrons. The molecule has 1 aromatic carbocycles. The third-order valence-corrected chi connectivity index (χ3v) is 5.01. The minimum Gasteiger partial charge on any atom is -0.333 e. The van der Waals surface area contributed by atoms with E-state index in [0.29, 0.717) is 11.5 Å². The Morgan fingerprint density at radius 2 is 1.97 bits per heavy atom. The van der Waals surface area contributed by atoms with E-state index in [-0.39, 0.29) is 0 Å². The number of pyridine rings is 1. The summed E-state index contributed by atoms with van der Waals surface area (Å²) in [4.78, 5) is 25.4. The molecule has 9 nitrogen and oxygen atoms in total. The van der Waals surface area contributed by atoms with Gasteiger partial charge in [0.05, 0.1) is 35.1 Å². The summed E-state index contributed by atoms with van der Waals surface area (Å²) in [6.07, 6.45) is 10.6. The van der Waals surface area contributed by atoms with Crippen LogP contribution >= 0.6 is 0 Å². The highest BCUT2D eigenvalue weighted by Gasteiger charge is 2.16. The third-order valence-electron chi connectivity index (χ3n) is 5.01. The van der Waals surface area contributed by atoms with Gasteiger partial charge >= 0.3 is 0 Å². The van der Waals surface area contributed by atoms with Crippen molar-refractivity contribution in [2.75, 3.05) is 0 Å². The van der Waals surface area contributed by atoms with E-state index < -0.39 is 0 Å². The molecule has 2 N–H and O–H groups in total. The Balaban J connectivity index is 1.52. The molecule has 5 aromatic heterocycles. The fourth-order valence-corrected chi connectivity index (χ4v) is 3.58. The van der Waals surface area contributed by atoms with Gasteiger partial charge in [-0.15, -0.1) is 0 Å². The Bertz CT molecular complexity index is 1510. The molecule has 9 heteroatoms. The second-order valence-corrected chi connectivity index (χ2v) is 6.96. The lowest BCUT2D eigenvalue weighted by atomic mass is 10.1. The van der Waals surface area contributed by atoms with Gasteiger partial charge < -0.3 is 9.55 Å². The molecule has 6 rings (SSSR count). The van der Waals surface area contributed by atoms with Gasteiger partial charge in [-0.05, 0) is 25.1 Å². The summed E-state index contributed by atoms with van der Waals surface area (Å²) in [5, 5.41) is 8.52. The lowest BCUT2D eigenvalue weighted by Crippen LogP contribution is -1.92. The van der Waals surface area contributed by atoms with E-state index in [1.807, 2.05) is 42.0 Å². The quantitative estimate of drug-likeness (QED) is 0.476. The molecule has 0 aliphatic rings. The van der Waals surface area contributed by atoms with Gasteiger partial charge in [-0.2, -0.15) is 5.10 Å². The molecule has 5 heterocycles. The number of H-pyrrole nitrogens is 2. The molecule has 0 unspecified atom stereocenters. The predicted molar refractivity (Wildman–Crippen MR) is 112 cm³/mol. The molecule has 0 saturated heterocycles. The maximum atomic E-state index is 4.69. The number of hydrogen-bond acceptors (Lipinski definition) is 6. The maximum Gasteiger partial charge on any atom is 0.180 e. The van der Waals surface area contributed by atoms with Crippen LogP contribution in [0.25, 0.3) is 50.5 Å². The van der Waals surface area contributed by atoms with Crippen LogP contribution in [0.4, 0.5) is 0 Å². The van der Waals surface area contributed by atoms with Crippen LogP contribution in [0.2, 0.25) is 0 Å². The first kappa shape index (κ1) is 16.5. The van der Waals surface area contributed by atoms with Crippen LogP contribution in [-0.2, 0) is 0 Å². The van der Waals surface area contributed by atoms with Crippen molar-refractivity contribution in [3.63, 3.8) is 0 Å². The zero-order valence-corrected chi connectivity index (χ0v) is 15.9. The Morgan fingerprint density at radius 1 is 1.00 bits per heavy atom. The number of hydrogen-bond donors (Lipinski definition) is 2. The molecule has 30 heavy (non-hydrogen) atoms. The lowest BCUT2D eigenvalue weighted by Gasteiger charge is -2.02. The SMILES string of the molecule is Cc1cn(-c2ccnc3nc(-c4n[nH]c5ccc(-c6cnccn6)cc45)[nH]c23)cn1. The van der Waals surface area contributed by atoms with Crippen LogP contribution in [0.5, 0.6) is 0 Å². The van der Waals surface area contributed by atoms with Gasteiger partial charge in [-0.3, -0.25) is 15.1 Å². The van der Waals surface area contributed by atoms with Crippen molar-refractivity contribution in [3.05, 3.63) is 67.3 Å². The molecule has 0 saturated carbocycles. The largest absolute Gasteiger partial charge is 0.333 e. The number of aryl methyl sites for hydroxylation is 1. The van der Waals surface area contributed by atoms with Crippen LogP contribution < -0.4 is 0 Å². The Morgan fingerprint density at radius 3 is 2.80 bits per heavy atom. The highest BCUT2D eigenvalue weighted by Crippen LogP contribution is 2.30. The topological polar surface area (TPSA) is 114 Å². The van der Waals surface area contributed by atoms with Crippen LogP contribution in [0, 0.1) is 6.92 Å². The average Bonchev–Trinajstić information content (AvgIpc) is 3.51. The molecule has 6 aromatic rings. The van der Waals surface area contributed by atoms with E-state index in [0.717, 1.165) is 44.8 Å². The smallest absolute Gasteiger partial charge is 0.180 e. The van der Waals surface area contributed by atoms with Crippen molar-refractivity contribution >= 4 is 22.1 Å². The number of nitrogens with zero attached hydrogens (tertiary/aromatic N) is 7. The van der Waals surface area contributed by atoms with Crippen molar-refractivity contribution in [1.29, 1.82) is 0 Å². The fourth-order valence-electron chi connectivity index (χ4n) is 3.58. The normalized spacial score (nSPS) is 11.5. The van der Waals surface area contributed by atoms with E-state index in [2.05, 4.69) is 40.1 Å². The second kappa shape index (κ2) is 6.31. The standard InChI is InChI=1S/C21H15N9/c1-12-10-30(11-25-12)17-4-5-24-20-19(17)26-21(27-20)18-14-8-13(2-3-15(14)28-29-18)16-9-22-6-7-23-16/h2-11H,1H3,(H,28,29)(H,24,26,27). The lowest BCUT2D eigenvalue weighted by molar-refractivity contribution is 1.06. The number of nitrogens with one attached hydrogen (secondary N) is 2. The molecule has 0 amide bonds. The van der Waals surface area contributed by atoms with Crippen LogP contribution in [0.3, 0.4) is 0 Å². The molecule has 0 aliphatic heterocycles. The zero-order valence-electron chi connectivity index (χ0n) is 15.9. The van der Waals surface area contributed by atoms with Crippen molar-refractivity contribution < 1.29 is 0 Å². The molecular weight excluding hydrogens is 378 g/mol. The monoisotopic (exact) mass is 393 g/mol. The summed E-state index contributed by atoms with van der Waals surface area (Å²) >= 11 is 0. The molecule has 0 atom stereocenters. The first-order chi connectivity index (χ1) is 14.8. The fraction of sp³-hybridized carbons (Fsp3) is 0.0476. The Kier molecular flexibility index (Phi) is 3.48. The van der Waals surface area contributed by atoms with E-state index in [1.165, 1.54) is 0 Å². The molecule has 0 bridgehead atoms.